The molecule has 0 aliphatic heterocycles. The predicted molar refractivity (Wildman–Crippen MR) is 125 cm³/mol. The van der Waals surface area contributed by atoms with E-state index < -0.39 is 5.97 Å². The number of carbonyl (C=O) groups excluding carboxylic acids is 2. The Morgan fingerprint density at radius 1 is 0.935 bits per heavy atom. The van der Waals surface area contributed by atoms with E-state index in [1.165, 1.54) is 13.3 Å². The van der Waals surface area contributed by atoms with Crippen LogP contribution in [0.5, 0.6) is 17.2 Å². The molecule has 3 rings (SSSR count). The molecular weight excluding hydrogens is 511 g/mol. The van der Waals surface area contributed by atoms with Crippen LogP contribution < -0.4 is 19.6 Å². The fourth-order valence-corrected chi connectivity index (χ4v) is 3.24. The number of nitrogens with one attached hydrogen (secondary N) is 1. The van der Waals surface area contributed by atoms with Crippen molar-refractivity contribution in [1.29, 1.82) is 0 Å². The third-order valence-electron chi connectivity index (χ3n) is 4.21. The van der Waals surface area contributed by atoms with Gasteiger partial charge in [0.15, 0.2) is 11.5 Å². The van der Waals surface area contributed by atoms with E-state index in [1.54, 1.807) is 61.7 Å². The number of amides is 1. The lowest BCUT2D eigenvalue weighted by atomic mass is 10.2. The first-order chi connectivity index (χ1) is 15.0. The Balaban J connectivity index is 1.67. The molecule has 0 bridgehead atoms. The second-order valence-electron chi connectivity index (χ2n) is 6.21. The first-order valence-corrected chi connectivity index (χ1v) is 10.2. The van der Waals surface area contributed by atoms with Gasteiger partial charge >= 0.3 is 5.97 Å². The maximum Gasteiger partial charge on any atom is 0.343 e. The predicted octanol–water partition coefficient (Wildman–Crippen LogP) is 4.29. The molecule has 0 saturated heterocycles. The summed E-state index contributed by atoms with van der Waals surface area (Å²) in [5.74, 6) is 0.440. The van der Waals surface area contributed by atoms with Crippen molar-refractivity contribution in [2.45, 2.75) is 0 Å². The van der Waals surface area contributed by atoms with E-state index in [0.29, 0.717) is 28.2 Å². The number of hydrogen-bond donors (Lipinski definition) is 1. The number of ether oxygens (including phenoxy) is 3. The molecule has 0 unspecified atom stereocenters. The monoisotopic (exact) mass is 530 g/mol. The summed E-state index contributed by atoms with van der Waals surface area (Å²) in [5.41, 5.74) is 4.07. The molecule has 158 valence electrons. The third-order valence-corrected chi connectivity index (χ3v) is 5.15. The van der Waals surface area contributed by atoms with Gasteiger partial charge in [-0.3, -0.25) is 4.79 Å². The molecule has 31 heavy (non-hydrogen) atoms. The van der Waals surface area contributed by atoms with E-state index in [1.807, 2.05) is 12.1 Å². The minimum absolute atomic E-state index is 0.267. The molecule has 7 nitrogen and oxygen atoms in total. The minimum Gasteiger partial charge on any atom is -0.497 e. The third kappa shape index (κ3) is 5.82. The molecule has 0 spiro atoms. The van der Waals surface area contributed by atoms with Gasteiger partial charge in [0.1, 0.15) is 5.75 Å². The van der Waals surface area contributed by atoms with Gasteiger partial charge in [-0.2, -0.15) is 5.10 Å². The first kappa shape index (κ1) is 22.3. The molecule has 0 aliphatic rings. The molecule has 1 amide bonds. The van der Waals surface area contributed by atoms with Crippen LogP contribution in [0.4, 0.5) is 0 Å². The van der Waals surface area contributed by atoms with E-state index in [2.05, 4.69) is 33.1 Å². The zero-order chi connectivity index (χ0) is 22.2. The average Bonchev–Trinajstić information content (AvgIpc) is 2.80. The van der Waals surface area contributed by atoms with Crippen LogP contribution in [0, 0.1) is 3.57 Å². The second-order valence-corrected chi connectivity index (χ2v) is 7.37. The van der Waals surface area contributed by atoms with Gasteiger partial charge in [-0.25, -0.2) is 10.2 Å². The van der Waals surface area contributed by atoms with Gasteiger partial charge in [0.2, 0.25) is 0 Å². The number of hydrazone groups is 1. The van der Waals surface area contributed by atoms with E-state index in [0.717, 1.165) is 3.57 Å². The van der Waals surface area contributed by atoms with Crippen molar-refractivity contribution in [3.8, 4) is 17.2 Å². The molecule has 3 aromatic rings. The number of methoxy groups -OCH3 is 2. The molecule has 0 fully saturated rings. The minimum atomic E-state index is -0.521. The summed E-state index contributed by atoms with van der Waals surface area (Å²) in [4.78, 5) is 24.6. The Hall–Kier alpha value is -3.40. The lowest BCUT2D eigenvalue weighted by molar-refractivity contribution is 0.0729. The zero-order valence-corrected chi connectivity index (χ0v) is 19.0. The van der Waals surface area contributed by atoms with Crippen molar-refractivity contribution >= 4 is 40.7 Å². The number of hydrogen-bond acceptors (Lipinski definition) is 6. The molecular formula is C23H19IN2O5. The summed E-state index contributed by atoms with van der Waals surface area (Å²) in [5, 5.41) is 3.99. The van der Waals surface area contributed by atoms with E-state index in [-0.39, 0.29) is 11.7 Å². The highest BCUT2D eigenvalue weighted by atomic mass is 127. The quantitative estimate of drug-likeness (QED) is 0.162. The molecule has 0 atom stereocenters. The van der Waals surface area contributed by atoms with Crippen molar-refractivity contribution in [2.75, 3.05) is 14.2 Å². The maximum absolute atomic E-state index is 12.4. The SMILES string of the molecule is COc1ccc(C(=O)Oc2ccc(/C=N/NC(=O)c3ccccc3I)cc2OC)cc1. The molecule has 0 saturated carbocycles. The van der Waals surface area contributed by atoms with Crippen LogP contribution in [0.2, 0.25) is 0 Å². The van der Waals surface area contributed by atoms with Crippen LogP contribution >= 0.6 is 22.6 Å². The van der Waals surface area contributed by atoms with Gasteiger partial charge in [-0.05, 0) is 82.8 Å². The number of benzene rings is 3. The Kier molecular flexibility index (Phi) is 7.60. The maximum atomic E-state index is 12.4. The van der Waals surface area contributed by atoms with E-state index in [4.69, 9.17) is 14.2 Å². The van der Waals surface area contributed by atoms with Gasteiger partial charge in [-0.15, -0.1) is 0 Å². The van der Waals surface area contributed by atoms with Crippen molar-refractivity contribution in [2.24, 2.45) is 5.10 Å². The smallest absolute Gasteiger partial charge is 0.343 e. The fourth-order valence-electron chi connectivity index (χ4n) is 2.61. The van der Waals surface area contributed by atoms with Crippen LogP contribution in [0.1, 0.15) is 26.3 Å². The molecule has 0 radical (unpaired) electrons. The van der Waals surface area contributed by atoms with Crippen molar-refractivity contribution in [3.05, 3.63) is 87.0 Å². The van der Waals surface area contributed by atoms with Crippen LogP contribution in [-0.2, 0) is 0 Å². The lowest BCUT2D eigenvalue weighted by Gasteiger charge is -2.10. The largest absolute Gasteiger partial charge is 0.497 e. The normalized spacial score (nSPS) is 10.5. The number of rotatable bonds is 7. The van der Waals surface area contributed by atoms with E-state index >= 15 is 0 Å². The molecule has 3 aromatic carbocycles. The van der Waals surface area contributed by atoms with Gasteiger partial charge in [0.25, 0.3) is 5.91 Å². The Labute approximate surface area is 193 Å². The molecule has 1 N–H and O–H groups in total. The average molecular weight is 530 g/mol. The van der Waals surface area contributed by atoms with Crippen molar-refractivity contribution in [3.63, 3.8) is 0 Å². The van der Waals surface area contributed by atoms with Crippen LogP contribution in [0.15, 0.2) is 71.8 Å². The van der Waals surface area contributed by atoms with Crippen LogP contribution in [-0.4, -0.2) is 32.3 Å². The van der Waals surface area contributed by atoms with Crippen molar-refractivity contribution in [1.82, 2.24) is 5.43 Å². The molecule has 8 heteroatoms. The summed E-state index contributed by atoms with van der Waals surface area (Å²) in [6.45, 7) is 0. The highest BCUT2D eigenvalue weighted by molar-refractivity contribution is 14.1. The van der Waals surface area contributed by atoms with E-state index in [9.17, 15) is 9.59 Å². The Morgan fingerprint density at radius 2 is 1.68 bits per heavy atom. The number of carbonyl (C=O) groups is 2. The topological polar surface area (TPSA) is 86.2 Å². The molecule has 0 heterocycles. The summed E-state index contributed by atoms with van der Waals surface area (Å²) < 4.78 is 16.7. The summed E-state index contributed by atoms with van der Waals surface area (Å²) in [6, 6.07) is 18.8. The second kappa shape index (κ2) is 10.6. The number of esters is 1. The van der Waals surface area contributed by atoms with Gasteiger partial charge < -0.3 is 14.2 Å². The molecule has 0 aliphatic carbocycles. The fraction of sp³-hybridized carbons (Fsp3) is 0.0870. The van der Waals surface area contributed by atoms with Gasteiger partial charge in [0.05, 0.1) is 31.6 Å². The first-order valence-electron chi connectivity index (χ1n) is 9.14. The summed E-state index contributed by atoms with van der Waals surface area (Å²) in [7, 11) is 3.02. The highest BCUT2D eigenvalue weighted by Crippen LogP contribution is 2.28. The Bertz CT molecular complexity index is 1110. The summed E-state index contributed by atoms with van der Waals surface area (Å²) in [6.07, 6.45) is 1.48. The van der Waals surface area contributed by atoms with Gasteiger partial charge in [0, 0.05) is 3.57 Å². The molecule has 0 aromatic heterocycles. The highest BCUT2D eigenvalue weighted by Gasteiger charge is 2.13. The lowest BCUT2D eigenvalue weighted by Crippen LogP contribution is -2.18. The van der Waals surface area contributed by atoms with Crippen molar-refractivity contribution < 1.29 is 23.8 Å². The number of halogens is 1. The Morgan fingerprint density at radius 3 is 2.35 bits per heavy atom. The summed E-state index contributed by atoms with van der Waals surface area (Å²) >= 11 is 2.09. The van der Waals surface area contributed by atoms with Crippen LogP contribution in [0.3, 0.4) is 0 Å². The standard InChI is InChI=1S/C23H19IN2O5/c1-29-17-10-8-16(9-11-17)23(28)31-20-12-7-15(13-21(20)30-2)14-25-26-22(27)18-5-3-4-6-19(18)24/h3-14H,1-2H3,(H,26,27)/b25-14+. The zero-order valence-electron chi connectivity index (χ0n) is 16.8. The number of nitrogens with zero attached hydrogens (tertiary/aromatic N) is 1. The van der Waals surface area contributed by atoms with Gasteiger partial charge in [-0.1, -0.05) is 12.1 Å². The van der Waals surface area contributed by atoms with Crippen LogP contribution in [0.25, 0.3) is 0 Å².